The Labute approximate surface area is 102 Å². The zero-order valence-corrected chi connectivity index (χ0v) is 9.50. The SMILES string of the molecule is N=C(N)CC(N)C(=O)O.NC(N)=O.NCC(=O)O. The van der Waals surface area contributed by atoms with Gasteiger partial charge in [-0.3, -0.25) is 15.0 Å². The molecule has 0 spiro atoms. The van der Waals surface area contributed by atoms with Gasteiger partial charge in [-0.25, -0.2) is 4.79 Å². The van der Waals surface area contributed by atoms with Gasteiger partial charge in [0.15, 0.2) is 0 Å². The van der Waals surface area contributed by atoms with Crippen LogP contribution in [-0.4, -0.2) is 46.6 Å². The number of primary amides is 2. The Morgan fingerprint density at radius 1 is 1.11 bits per heavy atom. The Kier molecular flexibility index (Phi) is 14.7. The predicted octanol–water partition coefficient (Wildman–Crippen LogP) is -3.22. The van der Waals surface area contributed by atoms with E-state index in [1.54, 1.807) is 0 Å². The quantitative estimate of drug-likeness (QED) is 0.189. The lowest BCUT2D eigenvalue weighted by Gasteiger charge is -2.01. The predicted molar refractivity (Wildman–Crippen MR) is 62.6 cm³/mol. The van der Waals surface area contributed by atoms with Gasteiger partial charge >= 0.3 is 18.0 Å². The molecule has 0 aromatic heterocycles. The second-order valence-electron chi connectivity index (χ2n) is 2.67. The van der Waals surface area contributed by atoms with Crippen LogP contribution in [0.4, 0.5) is 4.79 Å². The number of aliphatic carboxylic acids is 2. The lowest BCUT2D eigenvalue weighted by molar-refractivity contribution is -0.138. The van der Waals surface area contributed by atoms with Crippen LogP contribution in [0.1, 0.15) is 6.42 Å². The first-order valence-corrected chi connectivity index (χ1v) is 4.32. The maximum atomic E-state index is 9.96. The maximum Gasteiger partial charge on any atom is 0.320 e. The molecule has 1 atom stereocenters. The fourth-order valence-electron chi connectivity index (χ4n) is 0.324. The van der Waals surface area contributed by atoms with E-state index in [0.29, 0.717) is 0 Å². The van der Waals surface area contributed by atoms with Gasteiger partial charge in [0.2, 0.25) is 0 Å². The van der Waals surface area contributed by atoms with E-state index in [9.17, 15) is 9.59 Å². The number of hydrogen-bond donors (Lipinski definition) is 8. The van der Waals surface area contributed by atoms with E-state index in [2.05, 4.69) is 17.2 Å². The Hall–Kier alpha value is -2.40. The molecule has 0 saturated heterocycles. The largest absolute Gasteiger partial charge is 0.480 e. The normalized spacial score (nSPS) is 9.67. The summed E-state index contributed by atoms with van der Waals surface area (Å²) in [7, 11) is 0. The Morgan fingerprint density at radius 2 is 1.39 bits per heavy atom. The highest BCUT2D eigenvalue weighted by Gasteiger charge is 2.11. The summed E-state index contributed by atoms with van der Waals surface area (Å²) in [5.74, 6) is -2.31. The van der Waals surface area contributed by atoms with Crippen LogP contribution in [0.15, 0.2) is 0 Å². The molecule has 0 fully saturated rings. The van der Waals surface area contributed by atoms with Crippen LogP contribution in [0.5, 0.6) is 0 Å². The number of carbonyl (C=O) groups is 3. The third-order valence-corrected chi connectivity index (χ3v) is 0.932. The third kappa shape index (κ3) is 37.4. The minimum absolute atomic E-state index is 0.0880. The Morgan fingerprint density at radius 3 is 1.44 bits per heavy atom. The van der Waals surface area contributed by atoms with Crippen molar-refractivity contribution in [2.24, 2.45) is 28.7 Å². The molecule has 0 aromatic rings. The van der Waals surface area contributed by atoms with Crippen LogP contribution in [0.3, 0.4) is 0 Å². The molecule has 0 aliphatic rings. The van der Waals surface area contributed by atoms with Gasteiger partial charge < -0.3 is 38.9 Å². The summed E-state index contributed by atoms with van der Waals surface area (Å²) >= 11 is 0. The summed E-state index contributed by atoms with van der Waals surface area (Å²) in [5.41, 5.74) is 22.9. The highest BCUT2D eigenvalue weighted by atomic mass is 16.4. The van der Waals surface area contributed by atoms with Gasteiger partial charge in [0.05, 0.1) is 12.4 Å². The zero-order valence-electron chi connectivity index (χ0n) is 9.50. The molecule has 0 aliphatic heterocycles. The fraction of sp³-hybridized carbons (Fsp3) is 0.429. The molecule has 0 rings (SSSR count). The van der Waals surface area contributed by atoms with Crippen molar-refractivity contribution in [1.29, 1.82) is 5.41 Å². The summed E-state index contributed by atoms with van der Waals surface area (Å²) in [6.07, 6.45) is -0.0880. The monoisotopic (exact) mass is 266 g/mol. The lowest BCUT2D eigenvalue weighted by Crippen LogP contribution is -2.34. The third-order valence-electron chi connectivity index (χ3n) is 0.932. The molecule has 0 radical (unpaired) electrons. The summed E-state index contributed by atoms with van der Waals surface area (Å²) in [6, 6.07) is -1.87. The second kappa shape index (κ2) is 12.7. The van der Waals surface area contributed by atoms with Crippen molar-refractivity contribution >= 4 is 23.8 Å². The molecule has 11 heteroatoms. The fourth-order valence-corrected chi connectivity index (χ4v) is 0.324. The van der Waals surface area contributed by atoms with Crippen molar-refractivity contribution in [3.05, 3.63) is 0 Å². The number of nitrogens with one attached hydrogen (secondary N) is 1. The van der Waals surface area contributed by atoms with Crippen LogP contribution >= 0.6 is 0 Å². The number of carboxylic acid groups (broad SMARTS) is 2. The average molecular weight is 266 g/mol. The molecular formula is C7H18N6O5. The highest BCUT2D eigenvalue weighted by molar-refractivity contribution is 5.84. The number of hydrogen-bond acceptors (Lipinski definition) is 6. The maximum absolute atomic E-state index is 9.96. The van der Waals surface area contributed by atoms with Gasteiger partial charge in [-0.15, -0.1) is 0 Å². The molecule has 0 aromatic carbocycles. The summed E-state index contributed by atoms with van der Waals surface area (Å²) < 4.78 is 0. The molecule has 1 unspecified atom stereocenters. The number of rotatable bonds is 4. The first-order valence-electron chi connectivity index (χ1n) is 4.32. The van der Waals surface area contributed by atoms with Crippen molar-refractivity contribution in [2.75, 3.05) is 6.54 Å². The first kappa shape index (κ1) is 20.9. The smallest absolute Gasteiger partial charge is 0.320 e. The second-order valence-corrected chi connectivity index (χ2v) is 2.67. The minimum atomic E-state index is -1.13. The van der Waals surface area contributed by atoms with Gasteiger partial charge in [-0.2, -0.15) is 0 Å². The molecule has 13 N–H and O–H groups in total. The van der Waals surface area contributed by atoms with Crippen LogP contribution in [0.2, 0.25) is 0 Å². The van der Waals surface area contributed by atoms with Gasteiger partial charge in [0, 0.05) is 6.42 Å². The Bertz CT molecular complexity index is 290. The van der Waals surface area contributed by atoms with E-state index in [4.69, 9.17) is 31.9 Å². The highest BCUT2D eigenvalue weighted by Crippen LogP contribution is 1.84. The lowest BCUT2D eigenvalue weighted by atomic mass is 10.2. The van der Waals surface area contributed by atoms with Gasteiger partial charge in [0.25, 0.3) is 0 Å². The molecular weight excluding hydrogens is 248 g/mol. The van der Waals surface area contributed by atoms with E-state index in [-0.39, 0.29) is 18.8 Å². The number of nitrogens with two attached hydrogens (primary N) is 5. The summed E-state index contributed by atoms with van der Waals surface area (Å²) in [4.78, 5) is 28.2. The molecule has 2 amide bonds. The van der Waals surface area contributed by atoms with Crippen LogP contribution in [-0.2, 0) is 9.59 Å². The molecule has 0 bridgehead atoms. The first-order chi connectivity index (χ1) is 8.04. The van der Waals surface area contributed by atoms with Gasteiger partial charge in [-0.05, 0) is 0 Å². The van der Waals surface area contributed by atoms with Crippen molar-refractivity contribution < 1.29 is 24.6 Å². The number of urea groups is 1. The van der Waals surface area contributed by atoms with E-state index in [1.165, 1.54) is 0 Å². The molecule has 11 nitrogen and oxygen atoms in total. The minimum Gasteiger partial charge on any atom is -0.480 e. The molecule has 18 heavy (non-hydrogen) atoms. The summed E-state index contributed by atoms with van der Waals surface area (Å²) in [5, 5.41) is 22.4. The zero-order chi connectivity index (χ0) is 15.3. The molecule has 0 saturated carbocycles. The van der Waals surface area contributed by atoms with Gasteiger partial charge in [0.1, 0.15) is 6.04 Å². The van der Waals surface area contributed by atoms with Crippen molar-refractivity contribution in [2.45, 2.75) is 12.5 Å². The van der Waals surface area contributed by atoms with Crippen LogP contribution in [0.25, 0.3) is 0 Å². The topological polar surface area (TPSA) is 246 Å². The van der Waals surface area contributed by atoms with E-state index < -0.39 is 24.0 Å². The molecule has 0 aliphatic carbocycles. The number of amidine groups is 1. The summed E-state index contributed by atoms with van der Waals surface area (Å²) in [6.45, 7) is -0.278. The Balaban J connectivity index is -0.000000212. The standard InChI is InChI=1S/C4H9N3O2.C2H5NO2.CH4N2O/c5-2(4(8)9)1-3(6)7;3-1-2(4)5;2-1(3)4/h2H,1,5H2,(H3,6,7)(H,8,9);1,3H2,(H,4,5);(H4,2,3,4). The number of carbonyl (C=O) groups excluding carboxylic acids is 1. The van der Waals surface area contributed by atoms with E-state index in [0.717, 1.165) is 0 Å². The number of carboxylic acids is 2. The van der Waals surface area contributed by atoms with Crippen molar-refractivity contribution in [3.8, 4) is 0 Å². The van der Waals surface area contributed by atoms with Crippen molar-refractivity contribution in [1.82, 2.24) is 0 Å². The van der Waals surface area contributed by atoms with E-state index in [1.807, 2.05) is 0 Å². The molecule has 0 heterocycles. The average Bonchev–Trinajstić information content (AvgIpc) is 2.16. The molecule has 106 valence electrons. The van der Waals surface area contributed by atoms with Crippen molar-refractivity contribution in [3.63, 3.8) is 0 Å². The van der Waals surface area contributed by atoms with Crippen LogP contribution in [0, 0.1) is 5.41 Å². The van der Waals surface area contributed by atoms with Gasteiger partial charge in [-0.1, -0.05) is 0 Å². The van der Waals surface area contributed by atoms with Crippen LogP contribution < -0.4 is 28.7 Å². The number of amides is 2. The van der Waals surface area contributed by atoms with E-state index >= 15 is 0 Å².